The monoisotopic (exact) mass is 236 g/mol. The second-order valence-electron chi connectivity index (χ2n) is 4.96. The first-order chi connectivity index (χ1) is 8.35. The largest absolute Gasteiger partial charge is 0.523 e. The predicted molar refractivity (Wildman–Crippen MR) is 68.2 cm³/mol. The zero-order chi connectivity index (χ0) is 12.1. The van der Waals surface area contributed by atoms with Crippen LogP contribution >= 0.6 is 0 Å². The van der Waals surface area contributed by atoms with Crippen LogP contribution in [0.1, 0.15) is 38.5 Å². The number of rotatable bonds is 4. The molecule has 2 unspecified atom stereocenters. The van der Waals surface area contributed by atoms with E-state index in [4.69, 9.17) is 21.3 Å². The lowest BCUT2D eigenvalue weighted by molar-refractivity contribution is 0.207. The zero-order valence-electron chi connectivity index (χ0n) is 10.2. The first-order valence-corrected chi connectivity index (χ1v) is 6.40. The van der Waals surface area contributed by atoms with Crippen molar-refractivity contribution in [2.75, 3.05) is 0 Å². The highest BCUT2D eigenvalue weighted by molar-refractivity contribution is 6.53. The highest BCUT2D eigenvalue weighted by atomic mass is 16.7. The van der Waals surface area contributed by atoms with Gasteiger partial charge in [0, 0.05) is 0 Å². The third-order valence-electron chi connectivity index (χ3n) is 4.01. The van der Waals surface area contributed by atoms with Gasteiger partial charge in [0.2, 0.25) is 0 Å². The van der Waals surface area contributed by atoms with E-state index in [2.05, 4.69) is 18.2 Å². The van der Waals surface area contributed by atoms with E-state index in [9.17, 15) is 0 Å². The van der Waals surface area contributed by atoms with Gasteiger partial charge >= 0.3 is 7.12 Å². The topological polar surface area (TPSA) is 70.5 Å². The highest BCUT2D eigenvalue weighted by Gasteiger charge is 2.29. The molecule has 0 fully saturated rings. The third-order valence-corrected chi connectivity index (χ3v) is 4.01. The molecule has 4 N–H and O–H groups in total. The fourth-order valence-corrected chi connectivity index (χ4v) is 2.97. The highest BCUT2D eigenvalue weighted by Crippen LogP contribution is 2.36. The number of hydrogen-bond donors (Lipinski definition) is 2. The fourth-order valence-electron chi connectivity index (χ4n) is 2.97. The van der Waals surface area contributed by atoms with Crippen LogP contribution in [0.2, 0.25) is 0 Å². The molecular formula is C12H21BN2O2. The average molecular weight is 236 g/mol. The summed E-state index contributed by atoms with van der Waals surface area (Å²) in [4.78, 5) is 0. The Morgan fingerprint density at radius 3 is 2.35 bits per heavy atom. The van der Waals surface area contributed by atoms with Crippen LogP contribution in [0.5, 0.6) is 0 Å². The lowest BCUT2D eigenvalue weighted by atomic mass is 9.67. The van der Waals surface area contributed by atoms with Crippen LogP contribution in [-0.2, 0) is 9.51 Å². The van der Waals surface area contributed by atoms with Crippen molar-refractivity contribution >= 4 is 7.12 Å². The Balaban J connectivity index is 1.89. The van der Waals surface area contributed by atoms with Gasteiger partial charge in [-0.25, -0.2) is 11.8 Å². The minimum Gasteiger partial charge on any atom is -0.324 e. The molecule has 2 atom stereocenters. The van der Waals surface area contributed by atoms with Gasteiger partial charge in [0.15, 0.2) is 0 Å². The molecule has 0 radical (unpaired) electrons. The Bertz CT molecular complexity index is 303. The van der Waals surface area contributed by atoms with E-state index in [1.165, 1.54) is 25.7 Å². The summed E-state index contributed by atoms with van der Waals surface area (Å²) < 4.78 is 9.39. The standard InChI is InChI=1S/C12H21BN2O2/c14-16-13(17-15)12-8-6-11(7-9-12)10-4-2-1-3-5-10/h1-2,8,10-11H,3-7,9,14-15H2. The minimum atomic E-state index is -0.567. The summed E-state index contributed by atoms with van der Waals surface area (Å²) in [5.74, 6) is 11.9. The molecule has 2 rings (SSSR count). The maximum absolute atomic E-state index is 5.14. The molecular weight excluding hydrogens is 215 g/mol. The van der Waals surface area contributed by atoms with Crippen molar-refractivity contribution in [3.05, 3.63) is 23.7 Å². The number of nitrogens with two attached hydrogens (primary N) is 2. The molecule has 17 heavy (non-hydrogen) atoms. The van der Waals surface area contributed by atoms with Crippen molar-refractivity contribution in [1.29, 1.82) is 0 Å². The van der Waals surface area contributed by atoms with Gasteiger partial charge in [0.1, 0.15) is 0 Å². The van der Waals surface area contributed by atoms with Gasteiger partial charge in [-0.1, -0.05) is 18.2 Å². The van der Waals surface area contributed by atoms with Gasteiger partial charge in [0.05, 0.1) is 0 Å². The molecule has 0 aliphatic heterocycles. The lowest BCUT2D eigenvalue weighted by Gasteiger charge is -2.31. The van der Waals surface area contributed by atoms with Crippen molar-refractivity contribution in [2.24, 2.45) is 23.6 Å². The van der Waals surface area contributed by atoms with E-state index in [-0.39, 0.29) is 0 Å². The number of allylic oxidation sites excluding steroid dienone is 4. The SMILES string of the molecule is NOB(ON)C1=CCC(C2CC=CCC2)CC1. The predicted octanol–water partition coefficient (Wildman–Crippen LogP) is 1.88. The maximum Gasteiger partial charge on any atom is 0.523 e. The van der Waals surface area contributed by atoms with E-state index < -0.39 is 7.12 Å². The van der Waals surface area contributed by atoms with Crippen molar-refractivity contribution in [3.63, 3.8) is 0 Å². The van der Waals surface area contributed by atoms with Gasteiger partial charge in [-0.05, 0) is 55.8 Å². The lowest BCUT2D eigenvalue weighted by Crippen LogP contribution is -2.33. The molecule has 0 bridgehead atoms. The normalized spacial score (nSPS) is 28.9. The van der Waals surface area contributed by atoms with Crippen LogP contribution in [0.3, 0.4) is 0 Å². The smallest absolute Gasteiger partial charge is 0.324 e. The molecule has 4 nitrogen and oxygen atoms in total. The molecule has 2 aliphatic rings. The van der Waals surface area contributed by atoms with Gasteiger partial charge in [0.25, 0.3) is 0 Å². The van der Waals surface area contributed by atoms with Crippen LogP contribution < -0.4 is 11.8 Å². The summed E-state index contributed by atoms with van der Waals surface area (Å²) in [6.45, 7) is 0. The summed E-state index contributed by atoms with van der Waals surface area (Å²) in [5, 5.41) is 0. The molecule has 0 aromatic rings. The average Bonchev–Trinajstić information content (AvgIpc) is 2.42. The minimum absolute atomic E-state index is 0.567. The first-order valence-electron chi connectivity index (χ1n) is 6.40. The molecule has 0 saturated carbocycles. The first kappa shape index (κ1) is 12.8. The second-order valence-corrected chi connectivity index (χ2v) is 4.96. The summed E-state index contributed by atoms with van der Waals surface area (Å²) in [5.41, 5.74) is 1.08. The van der Waals surface area contributed by atoms with Crippen LogP contribution in [0, 0.1) is 11.8 Å². The Hall–Kier alpha value is -0.615. The Morgan fingerprint density at radius 1 is 1.06 bits per heavy atom. The van der Waals surface area contributed by atoms with Gasteiger partial charge < -0.3 is 9.51 Å². The van der Waals surface area contributed by atoms with Crippen LogP contribution in [-0.4, -0.2) is 7.12 Å². The van der Waals surface area contributed by atoms with Crippen LogP contribution in [0.15, 0.2) is 23.7 Å². The summed E-state index contributed by atoms with van der Waals surface area (Å²) in [6, 6.07) is 0. The van der Waals surface area contributed by atoms with Crippen LogP contribution in [0.4, 0.5) is 0 Å². The van der Waals surface area contributed by atoms with Gasteiger partial charge in [-0.15, -0.1) is 0 Å². The van der Waals surface area contributed by atoms with Gasteiger partial charge in [-0.3, -0.25) is 0 Å². The van der Waals surface area contributed by atoms with Gasteiger partial charge in [-0.2, -0.15) is 0 Å². The summed E-state index contributed by atoms with van der Waals surface area (Å²) in [6.07, 6.45) is 13.9. The van der Waals surface area contributed by atoms with E-state index >= 15 is 0 Å². The molecule has 0 spiro atoms. The Labute approximate surface area is 103 Å². The molecule has 0 heterocycles. The quantitative estimate of drug-likeness (QED) is 0.444. The third kappa shape index (κ3) is 3.19. The molecule has 2 aliphatic carbocycles. The van der Waals surface area contributed by atoms with Crippen molar-refractivity contribution in [1.82, 2.24) is 0 Å². The Morgan fingerprint density at radius 2 is 1.82 bits per heavy atom. The number of hydrogen-bond acceptors (Lipinski definition) is 4. The van der Waals surface area contributed by atoms with E-state index in [1.807, 2.05) is 0 Å². The molecule has 94 valence electrons. The molecule has 0 amide bonds. The summed E-state index contributed by atoms with van der Waals surface area (Å²) in [7, 11) is -0.567. The van der Waals surface area contributed by atoms with E-state index in [0.717, 1.165) is 30.1 Å². The van der Waals surface area contributed by atoms with Crippen molar-refractivity contribution in [3.8, 4) is 0 Å². The Kier molecular flexibility index (Phi) is 4.80. The fraction of sp³-hybridized carbons (Fsp3) is 0.667. The van der Waals surface area contributed by atoms with E-state index in [1.54, 1.807) is 0 Å². The van der Waals surface area contributed by atoms with Crippen molar-refractivity contribution < 1.29 is 9.51 Å². The van der Waals surface area contributed by atoms with E-state index in [0.29, 0.717) is 0 Å². The summed E-state index contributed by atoms with van der Waals surface area (Å²) >= 11 is 0. The molecule has 5 heteroatoms. The molecule has 0 aromatic carbocycles. The maximum atomic E-state index is 5.14. The zero-order valence-corrected chi connectivity index (χ0v) is 10.2. The second kappa shape index (κ2) is 6.35. The molecule has 0 aromatic heterocycles. The molecule has 0 saturated heterocycles. The van der Waals surface area contributed by atoms with Crippen LogP contribution in [0.25, 0.3) is 0 Å². The van der Waals surface area contributed by atoms with Crippen molar-refractivity contribution in [2.45, 2.75) is 38.5 Å².